The molecule has 0 unspecified atom stereocenters. The van der Waals surface area contributed by atoms with Crippen molar-refractivity contribution in [3.05, 3.63) is 53.6 Å². The SMILES string of the molecule is CCn1cc(C(=O)N2CC(=O)N(CC(C)C)C[C@@H](OCc3cccc(F)c3)C2)cn1. The fraction of sp³-hybridized carbons (Fsp3) is 0.500. The molecule has 8 heteroatoms. The van der Waals surface area contributed by atoms with Gasteiger partial charge in [0.15, 0.2) is 0 Å². The molecule has 0 bridgehead atoms. The highest BCUT2D eigenvalue weighted by molar-refractivity contribution is 5.96. The molecule has 1 fully saturated rings. The van der Waals surface area contributed by atoms with Crippen LogP contribution in [0.1, 0.15) is 36.7 Å². The standard InChI is InChI=1S/C22H29FN4O3/c1-4-27-11-18(9-24-27)22(29)26-13-20(12-25(10-16(2)3)21(28)14-26)30-15-17-6-5-7-19(23)8-17/h5-9,11,16,20H,4,10,12-15H2,1-3H3/t20-/m1/s1. The number of carbonyl (C=O) groups is 2. The molecule has 1 atom stereocenters. The number of halogens is 1. The molecule has 2 amide bonds. The van der Waals surface area contributed by atoms with Crippen molar-refractivity contribution in [3.63, 3.8) is 0 Å². The minimum atomic E-state index is -0.372. The Bertz CT molecular complexity index is 883. The van der Waals surface area contributed by atoms with E-state index in [1.807, 2.05) is 20.8 Å². The molecule has 1 saturated heterocycles. The largest absolute Gasteiger partial charge is 0.370 e. The van der Waals surface area contributed by atoms with Crippen LogP contribution in [0, 0.1) is 11.7 Å². The number of hydrogen-bond donors (Lipinski definition) is 0. The van der Waals surface area contributed by atoms with Gasteiger partial charge in [0.25, 0.3) is 5.91 Å². The third-order valence-corrected chi connectivity index (χ3v) is 4.98. The summed E-state index contributed by atoms with van der Waals surface area (Å²) in [6.45, 7) is 8.17. The monoisotopic (exact) mass is 416 g/mol. The average Bonchev–Trinajstić information content (AvgIpc) is 3.13. The van der Waals surface area contributed by atoms with E-state index in [1.54, 1.807) is 27.9 Å². The number of carbonyl (C=O) groups excluding carboxylic acids is 2. The maximum Gasteiger partial charge on any atom is 0.257 e. The van der Waals surface area contributed by atoms with Crippen molar-refractivity contribution in [2.24, 2.45) is 5.92 Å². The highest BCUT2D eigenvalue weighted by Crippen LogP contribution is 2.15. The normalized spacial score (nSPS) is 17.5. The van der Waals surface area contributed by atoms with E-state index in [2.05, 4.69) is 5.10 Å². The third-order valence-electron chi connectivity index (χ3n) is 4.98. The molecule has 0 N–H and O–H groups in total. The van der Waals surface area contributed by atoms with Crippen molar-refractivity contribution in [2.75, 3.05) is 26.2 Å². The molecule has 7 nitrogen and oxygen atoms in total. The number of nitrogens with zero attached hydrogens (tertiary/aromatic N) is 4. The van der Waals surface area contributed by atoms with Gasteiger partial charge in [-0.2, -0.15) is 5.10 Å². The van der Waals surface area contributed by atoms with Gasteiger partial charge in [-0.25, -0.2) is 4.39 Å². The summed E-state index contributed by atoms with van der Waals surface area (Å²) in [7, 11) is 0. The van der Waals surface area contributed by atoms with Crippen LogP contribution in [0.25, 0.3) is 0 Å². The van der Waals surface area contributed by atoms with Crippen LogP contribution in [0.3, 0.4) is 0 Å². The van der Waals surface area contributed by atoms with Crippen LogP contribution in [0.5, 0.6) is 0 Å². The van der Waals surface area contributed by atoms with Crippen molar-refractivity contribution in [2.45, 2.75) is 40.0 Å². The molecule has 1 aliphatic rings. The number of amides is 2. The van der Waals surface area contributed by atoms with E-state index in [9.17, 15) is 14.0 Å². The molecular weight excluding hydrogens is 387 g/mol. The summed E-state index contributed by atoms with van der Waals surface area (Å²) in [5.74, 6) is -0.369. The van der Waals surface area contributed by atoms with Crippen molar-refractivity contribution in [1.29, 1.82) is 0 Å². The molecule has 0 radical (unpaired) electrons. The lowest BCUT2D eigenvalue weighted by Gasteiger charge is -2.26. The summed E-state index contributed by atoms with van der Waals surface area (Å²) in [6.07, 6.45) is 2.84. The minimum absolute atomic E-state index is 0.00266. The van der Waals surface area contributed by atoms with Gasteiger partial charge in [-0.05, 0) is 30.5 Å². The molecule has 2 aromatic rings. The van der Waals surface area contributed by atoms with E-state index in [4.69, 9.17) is 4.74 Å². The van der Waals surface area contributed by atoms with E-state index in [-0.39, 0.29) is 43.4 Å². The number of ether oxygens (including phenoxy) is 1. The first-order valence-corrected chi connectivity index (χ1v) is 10.3. The Kier molecular flexibility index (Phi) is 7.20. The molecule has 3 rings (SSSR count). The van der Waals surface area contributed by atoms with Crippen molar-refractivity contribution < 1.29 is 18.7 Å². The molecular formula is C22H29FN4O3. The van der Waals surface area contributed by atoms with Gasteiger partial charge in [0.05, 0.1) is 24.5 Å². The van der Waals surface area contributed by atoms with Crippen LogP contribution in [0.15, 0.2) is 36.7 Å². The van der Waals surface area contributed by atoms with E-state index in [0.717, 1.165) is 0 Å². The molecule has 0 aliphatic carbocycles. The zero-order chi connectivity index (χ0) is 21.7. The maximum atomic E-state index is 13.5. The van der Waals surface area contributed by atoms with Gasteiger partial charge in [0, 0.05) is 32.4 Å². The Morgan fingerprint density at radius 1 is 1.33 bits per heavy atom. The minimum Gasteiger partial charge on any atom is -0.370 e. The van der Waals surface area contributed by atoms with Crippen LogP contribution in [0.4, 0.5) is 4.39 Å². The van der Waals surface area contributed by atoms with Crippen LogP contribution >= 0.6 is 0 Å². The van der Waals surface area contributed by atoms with E-state index >= 15 is 0 Å². The highest BCUT2D eigenvalue weighted by Gasteiger charge is 2.32. The molecule has 1 aliphatic heterocycles. The maximum absolute atomic E-state index is 13.5. The average molecular weight is 416 g/mol. The Hall–Kier alpha value is -2.74. The molecule has 2 heterocycles. The fourth-order valence-corrected chi connectivity index (χ4v) is 3.53. The van der Waals surface area contributed by atoms with Gasteiger partial charge >= 0.3 is 0 Å². The van der Waals surface area contributed by atoms with E-state index < -0.39 is 0 Å². The Labute approximate surface area is 176 Å². The Balaban J connectivity index is 1.76. The smallest absolute Gasteiger partial charge is 0.257 e. The fourth-order valence-electron chi connectivity index (χ4n) is 3.53. The zero-order valence-electron chi connectivity index (χ0n) is 17.8. The number of aryl methyl sites for hydroxylation is 1. The second kappa shape index (κ2) is 9.84. The van der Waals surface area contributed by atoms with Crippen LogP contribution in [0.2, 0.25) is 0 Å². The van der Waals surface area contributed by atoms with Crippen LogP contribution < -0.4 is 0 Å². The second-order valence-electron chi connectivity index (χ2n) is 8.03. The van der Waals surface area contributed by atoms with E-state index in [1.165, 1.54) is 23.2 Å². The third kappa shape index (κ3) is 5.66. The van der Waals surface area contributed by atoms with Crippen LogP contribution in [-0.2, 0) is 22.7 Å². The van der Waals surface area contributed by atoms with Gasteiger partial charge in [0.2, 0.25) is 5.91 Å². The summed E-state index contributed by atoms with van der Waals surface area (Å²) in [5, 5.41) is 4.16. The van der Waals surface area contributed by atoms with Gasteiger partial charge in [-0.3, -0.25) is 14.3 Å². The predicted molar refractivity (Wildman–Crippen MR) is 110 cm³/mol. The van der Waals surface area contributed by atoms with Crippen LogP contribution in [-0.4, -0.2) is 63.7 Å². The zero-order valence-corrected chi connectivity index (χ0v) is 17.8. The summed E-state index contributed by atoms with van der Waals surface area (Å²) >= 11 is 0. The molecule has 0 spiro atoms. The predicted octanol–water partition coefficient (Wildman–Crippen LogP) is 2.57. The summed E-state index contributed by atoms with van der Waals surface area (Å²) < 4.78 is 21.2. The summed E-state index contributed by atoms with van der Waals surface area (Å²) in [6, 6.07) is 6.24. The summed E-state index contributed by atoms with van der Waals surface area (Å²) in [4.78, 5) is 29.1. The van der Waals surface area contributed by atoms with Gasteiger partial charge < -0.3 is 14.5 Å². The highest BCUT2D eigenvalue weighted by atomic mass is 19.1. The molecule has 162 valence electrons. The molecule has 30 heavy (non-hydrogen) atoms. The van der Waals surface area contributed by atoms with Crippen molar-refractivity contribution >= 4 is 11.8 Å². The number of aromatic nitrogens is 2. The number of rotatable bonds is 7. The topological polar surface area (TPSA) is 67.7 Å². The molecule has 0 saturated carbocycles. The number of benzene rings is 1. The quantitative estimate of drug-likeness (QED) is 0.696. The van der Waals surface area contributed by atoms with Gasteiger partial charge in [0.1, 0.15) is 12.4 Å². The second-order valence-corrected chi connectivity index (χ2v) is 8.03. The lowest BCUT2D eigenvalue weighted by atomic mass is 10.2. The van der Waals surface area contributed by atoms with Gasteiger partial charge in [-0.15, -0.1) is 0 Å². The van der Waals surface area contributed by atoms with E-state index in [0.29, 0.717) is 36.7 Å². The first-order valence-electron chi connectivity index (χ1n) is 10.3. The molecule has 1 aromatic heterocycles. The lowest BCUT2D eigenvalue weighted by molar-refractivity contribution is -0.132. The first-order chi connectivity index (χ1) is 14.4. The molecule has 1 aromatic carbocycles. The van der Waals surface area contributed by atoms with Crippen molar-refractivity contribution in [1.82, 2.24) is 19.6 Å². The lowest BCUT2D eigenvalue weighted by Crippen LogP contribution is -2.40. The Morgan fingerprint density at radius 2 is 2.13 bits per heavy atom. The summed E-state index contributed by atoms with van der Waals surface area (Å²) in [5.41, 5.74) is 1.16. The van der Waals surface area contributed by atoms with Crippen molar-refractivity contribution in [3.8, 4) is 0 Å². The number of hydrogen-bond acceptors (Lipinski definition) is 4. The van der Waals surface area contributed by atoms with Gasteiger partial charge in [-0.1, -0.05) is 26.0 Å². The first kappa shape index (κ1) is 22.0. The Morgan fingerprint density at radius 3 is 2.80 bits per heavy atom.